The zero-order chi connectivity index (χ0) is 11.4. The van der Waals surface area contributed by atoms with Crippen LogP contribution in [0.5, 0.6) is 0 Å². The average molecular weight is 224 g/mol. The maximum absolute atomic E-state index is 4.44. The van der Waals surface area contributed by atoms with E-state index in [1.54, 1.807) is 11.3 Å². The number of nitrogens with zero attached hydrogens (tertiary/aromatic N) is 1. The largest absolute Gasteiger partial charge is 0.307 e. The van der Waals surface area contributed by atoms with E-state index in [2.05, 4.69) is 44.6 Å². The number of aromatic nitrogens is 1. The molecule has 0 aliphatic carbocycles. The highest BCUT2D eigenvalue weighted by Gasteiger charge is 2.14. The smallest absolute Gasteiger partial charge is 0.0900 e. The monoisotopic (exact) mass is 224 g/mol. The predicted molar refractivity (Wildman–Crippen MR) is 67.4 cm³/mol. The molecule has 0 aliphatic heterocycles. The van der Waals surface area contributed by atoms with Crippen molar-refractivity contribution in [1.29, 1.82) is 0 Å². The molecule has 0 spiro atoms. The second-order valence-electron chi connectivity index (χ2n) is 4.00. The summed E-state index contributed by atoms with van der Waals surface area (Å²) in [5.41, 5.74) is 1.16. The SMILES string of the molecule is C=CCC(C)NC(C)c1sc(C)nc1C. The van der Waals surface area contributed by atoms with Crippen LogP contribution in [0.1, 0.15) is 41.9 Å². The summed E-state index contributed by atoms with van der Waals surface area (Å²) in [5.74, 6) is 0. The van der Waals surface area contributed by atoms with E-state index >= 15 is 0 Å². The Hall–Kier alpha value is -0.670. The molecular weight excluding hydrogens is 204 g/mol. The molecule has 0 amide bonds. The van der Waals surface area contributed by atoms with E-state index in [0.29, 0.717) is 12.1 Å². The van der Waals surface area contributed by atoms with Gasteiger partial charge in [0, 0.05) is 17.0 Å². The third-order valence-electron chi connectivity index (χ3n) is 2.39. The van der Waals surface area contributed by atoms with Crippen molar-refractivity contribution < 1.29 is 0 Å². The van der Waals surface area contributed by atoms with E-state index < -0.39 is 0 Å². The second-order valence-corrected chi connectivity index (χ2v) is 5.23. The summed E-state index contributed by atoms with van der Waals surface area (Å²) in [6.07, 6.45) is 2.95. The molecule has 2 unspecified atom stereocenters. The first-order valence-electron chi connectivity index (χ1n) is 5.35. The molecule has 0 saturated heterocycles. The fraction of sp³-hybridized carbons (Fsp3) is 0.583. The minimum absolute atomic E-state index is 0.381. The summed E-state index contributed by atoms with van der Waals surface area (Å²) >= 11 is 1.78. The Morgan fingerprint density at radius 1 is 1.47 bits per heavy atom. The Bertz CT molecular complexity index is 330. The van der Waals surface area contributed by atoms with Gasteiger partial charge in [-0.05, 0) is 34.1 Å². The molecule has 1 rings (SSSR count). The first-order chi connectivity index (χ1) is 7.04. The lowest BCUT2D eigenvalue weighted by molar-refractivity contribution is 0.486. The molecule has 2 atom stereocenters. The van der Waals surface area contributed by atoms with Gasteiger partial charge >= 0.3 is 0 Å². The molecule has 15 heavy (non-hydrogen) atoms. The summed E-state index contributed by atoms with van der Waals surface area (Å²) in [4.78, 5) is 5.79. The van der Waals surface area contributed by atoms with Crippen molar-refractivity contribution in [3.8, 4) is 0 Å². The van der Waals surface area contributed by atoms with E-state index in [4.69, 9.17) is 0 Å². The molecule has 1 aromatic heterocycles. The molecule has 1 aromatic rings. The van der Waals surface area contributed by atoms with Gasteiger partial charge in [0.25, 0.3) is 0 Å². The summed E-state index contributed by atoms with van der Waals surface area (Å²) in [7, 11) is 0. The molecule has 0 aliphatic rings. The molecule has 0 aromatic carbocycles. The van der Waals surface area contributed by atoms with Crippen LogP contribution in [-0.2, 0) is 0 Å². The maximum Gasteiger partial charge on any atom is 0.0900 e. The molecule has 0 radical (unpaired) electrons. The van der Waals surface area contributed by atoms with Gasteiger partial charge in [0.2, 0.25) is 0 Å². The molecule has 1 N–H and O–H groups in total. The highest BCUT2D eigenvalue weighted by Crippen LogP contribution is 2.24. The van der Waals surface area contributed by atoms with Crippen molar-refractivity contribution in [1.82, 2.24) is 10.3 Å². The van der Waals surface area contributed by atoms with E-state index in [1.165, 1.54) is 4.88 Å². The summed E-state index contributed by atoms with van der Waals surface area (Å²) in [6, 6.07) is 0.852. The molecule has 0 bridgehead atoms. The molecule has 84 valence electrons. The standard InChI is InChI=1S/C12H20N2S/c1-6-7-8(2)13-9(3)12-10(4)14-11(5)15-12/h6,8-9,13H,1,7H2,2-5H3. The lowest BCUT2D eigenvalue weighted by atomic mass is 10.2. The number of thiazole rings is 1. The number of aryl methyl sites for hydroxylation is 2. The van der Waals surface area contributed by atoms with Crippen molar-refractivity contribution in [3.05, 3.63) is 28.2 Å². The van der Waals surface area contributed by atoms with Crippen LogP contribution in [0.3, 0.4) is 0 Å². The van der Waals surface area contributed by atoms with Crippen molar-refractivity contribution in [2.75, 3.05) is 0 Å². The molecule has 3 heteroatoms. The Kier molecular flexibility index (Phi) is 4.48. The highest BCUT2D eigenvalue weighted by atomic mass is 32.1. The van der Waals surface area contributed by atoms with E-state index in [0.717, 1.165) is 17.1 Å². The fourth-order valence-electron chi connectivity index (χ4n) is 1.77. The first kappa shape index (κ1) is 12.4. The van der Waals surface area contributed by atoms with Gasteiger partial charge in [0.05, 0.1) is 10.7 Å². The van der Waals surface area contributed by atoms with Gasteiger partial charge in [0.1, 0.15) is 0 Å². The number of nitrogens with one attached hydrogen (secondary N) is 1. The van der Waals surface area contributed by atoms with E-state index in [-0.39, 0.29) is 0 Å². The van der Waals surface area contributed by atoms with Crippen LogP contribution >= 0.6 is 11.3 Å². The van der Waals surface area contributed by atoms with Gasteiger partial charge in [0.15, 0.2) is 0 Å². The molecule has 2 nitrogen and oxygen atoms in total. The van der Waals surface area contributed by atoms with Gasteiger partial charge in [-0.1, -0.05) is 6.08 Å². The van der Waals surface area contributed by atoms with Crippen LogP contribution in [-0.4, -0.2) is 11.0 Å². The molecule has 0 fully saturated rings. The van der Waals surface area contributed by atoms with E-state index in [1.807, 2.05) is 6.08 Å². The average Bonchev–Trinajstić information content (AvgIpc) is 2.45. The zero-order valence-corrected chi connectivity index (χ0v) is 10.8. The number of hydrogen-bond donors (Lipinski definition) is 1. The molecule has 1 heterocycles. The van der Waals surface area contributed by atoms with Crippen LogP contribution in [0.25, 0.3) is 0 Å². The fourth-order valence-corrected chi connectivity index (χ4v) is 2.71. The lowest BCUT2D eigenvalue weighted by Crippen LogP contribution is -2.28. The van der Waals surface area contributed by atoms with Crippen LogP contribution in [0.15, 0.2) is 12.7 Å². The number of rotatable bonds is 5. The first-order valence-corrected chi connectivity index (χ1v) is 6.17. The third kappa shape index (κ3) is 3.43. The van der Waals surface area contributed by atoms with Gasteiger partial charge in [-0.3, -0.25) is 0 Å². The summed E-state index contributed by atoms with van der Waals surface area (Å²) in [5, 5.41) is 4.70. The zero-order valence-electron chi connectivity index (χ0n) is 10.0. The Labute approximate surface area is 96.4 Å². The Morgan fingerprint density at radius 2 is 2.13 bits per heavy atom. The van der Waals surface area contributed by atoms with Gasteiger partial charge in [-0.2, -0.15) is 0 Å². The Morgan fingerprint density at radius 3 is 2.60 bits per heavy atom. The van der Waals surface area contributed by atoms with Gasteiger partial charge < -0.3 is 5.32 Å². The normalized spacial score (nSPS) is 14.9. The maximum atomic E-state index is 4.44. The minimum atomic E-state index is 0.381. The van der Waals surface area contributed by atoms with Crippen molar-refractivity contribution >= 4 is 11.3 Å². The van der Waals surface area contributed by atoms with E-state index in [9.17, 15) is 0 Å². The second kappa shape index (κ2) is 5.42. The van der Waals surface area contributed by atoms with Crippen molar-refractivity contribution in [3.63, 3.8) is 0 Å². The van der Waals surface area contributed by atoms with Crippen LogP contribution in [0, 0.1) is 13.8 Å². The molecular formula is C12H20N2S. The lowest BCUT2D eigenvalue weighted by Gasteiger charge is -2.18. The summed E-state index contributed by atoms with van der Waals surface area (Å²) in [6.45, 7) is 12.3. The van der Waals surface area contributed by atoms with Gasteiger partial charge in [-0.15, -0.1) is 17.9 Å². The topological polar surface area (TPSA) is 24.9 Å². The van der Waals surface area contributed by atoms with Crippen LogP contribution < -0.4 is 5.32 Å². The molecule has 0 saturated carbocycles. The van der Waals surface area contributed by atoms with Crippen molar-refractivity contribution in [2.24, 2.45) is 0 Å². The number of hydrogen-bond acceptors (Lipinski definition) is 3. The van der Waals surface area contributed by atoms with Crippen LogP contribution in [0.2, 0.25) is 0 Å². The minimum Gasteiger partial charge on any atom is -0.307 e. The third-order valence-corrected chi connectivity index (χ3v) is 3.64. The predicted octanol–water partition coefficient (Wildman–Crippen LogP) is 3.38. The van der Waals surface area contributed by atoms with Crippen LogP contribution in [0.4, 0.5) is 0 Å². The summed E-state index contributed by atoms with van der Waals surface area (Å²) < 4.78 is 0. The van der Waals surface area contributed by atoms with Gasteiger partial charge in [-0.25, -0.2) is 4.98 Å². The highest BCUT2D eigenvalue weighted by molar-refractivity contribution is 7.11. The quantitative estimate of drug-likeness (QED) is 0.776. The van der Waals surface area contributed by atoms with Crippen molar-refractivity contribution in [2.45, 2.75) is 46.2 Å². The Balaban J connectivity index is 2.64.